The number of nitrogens with zero attached hydrogens (tertiary/aromatic N) is 3. The summed E-state index contributed by atoms with van der Waals surface area (Å²) in [7, 11) is 0. The lowest BCUT2D eigenvalue weighted by molar-refractivity contribution is -0.141. The number of hydrogen-bond acceptors (Lipinski definition) is 15. The third kappa shape index (κ3) is 21.9. The Hall–Kier alpha value is -8.90. The topological polar surface area (TPSA) is 469 Å². The molecular weight excluding hydrogens is 1150 g/mol. The molecule has 21 N–H and O–H groups in total. The van der Waals surface area contributed by atoms with Crippen LogP contribution in [-0.2, 0) is 62.4 Å². The average molecular weight is 1230 g/mol. The zero-order valence-corrected chi connectivity index (χ0v) is 49.3. The van der Waals surface area contributed by atoms with Crippen molar-refractivity contribution in [3.05, 3.63) is 102 Å². The molecule has 0 aliphatic heterocycles. The third-order valence-corrected chi connectivity index (χ3v) is 14.4. The molecule has 5 aromatic rings. The molecule has 0 spiro atoms. The molecule has 2 heterocycles. The number of thiol groups is 2. The van der Waals surface area contributed by atoms with Crippen LogP contribution in [0.5, 0.6) is 0 Å². The Morgan fingerprint density at radius 1 is 0.581 bits per heavy atom. The van der Waals surface area contributed by atoms with Crippen molar-refractivity contribution in [1.29, 1.82) is 0 Å². The molecule has 0 bridgehead atoms. The molecule has 0 aliphatic carbocycles. The lowest BCUT2D eigenvalue weighted by Gasteiger charge is -2.28. The minimum atomic E-state index is -1.48. The Balaban J connectivity index is 1.49. The van der Waals surface area contributed by atoms with E-state index in [9.17, 15) is 43.5 Å². The first-order valence-corrected chi connectivity index (χ1v) is 29.2. The molecule has 30 heteroatoms. The minimum absolute atomic E-state index is 0.000717. The SMILES string of the molecule is CCCC[C@H](NC(=O)[C@@H](N)CS)C(=O)N[C@@H](CCCN=C(N)N)C(=O)N[C@@H](Cc1cnc[nH]1)C(=O)N[C@H](Cc1ccc2ccccc2c1)C(=O)N[C@@H](CCCN=C(N)N)C(=O)N[C@@H](Cc1c[nH]c2ccccc12)C(=O)NCC(=O)N[C@@H](CS)C(=O)O. The van der Waals surface area contributed by atoms with Gasteiger partial charge in [0.2, 0.25) is 47.3 Å². The molecule has 86 heavy (non-hydrogen) atoms. The van der Waals surface area contributed by atoms with Crippen LogP contribution in [0.15, 0.2) is 95.4 Å². The van der Waals surface area contributed by atoms with Gasteiger partial charge in [0.1, 0.15) is 42.3 Å². The lowest BCUT2D eigenvalue weighted by atomic mass is 9.99. The van der Waals surface area contributed by atoms with Gasteiger partial charge in [0.25, 0.3) is 0 Å². The smallest absolute Gasteiger partial charge is 0.327 e. The van der Waals surface area contributed by atoms with Gasteiger partial charge in [-0.05, 0) is 60.1 Å². The van der Waals surface area contributed by atoms with Crippen molar-refractivity contribution in [2.24, 2.45) is 38.7 Å². The molecular formula is C56H78N18O10S2. The molecule has 0 radical (unpaired) electrons. The summed E-state index contributed by atoms with van der Waals surface area (Å²) in [5.74, 6) is -8.44. The number of nitrogens with two attached hydrogens (primary N) is 5. The van der Waals surface area contributed by atoms with Crippen LogP contribution in [0.1, 0.15) is 68.7 Å². The van der Waals surface area contributed by atoms with Gasteiger partial charge in [-0.3, -0.25) is 48.3 Å². The van der Waals surface area contributed by atoms with Gasteiger partial charge in [0.15, 0.2) is 11.9 Å². The van der Waals surface area contributed by atoms with E-state index < -0.39 is 108 Å². The van der Waals surface area contributed by atoms with Gasteiger partial charge in [-0.1, -0.05) is 80.4 Å². The number of aromatic amines is 2. The first kappa shape index (κ1) is 67.9. The van der Waals surface area contributed by atoms with Gasteiger partial charge in [0, 0.05) is 72.8 Å². The summed E-state index contributed by atoms with van der Waals surface area (Å²) in [6.07, 6.45) is 5.50. The van der Waals surface area contributed by atoms with Gasteiger partial charge in [-0.25, -0.2) is 9.78 Å². The molecule has 0 unspecified atom stereocenters. The number of carboxylic acid groups (broad SMARTS) is 1. The van der Waals surface area contributed by atoms with Crippen LogP contribution in [0, 0.1) is 0 Å². The number of carbonyl (C=O) groups is 9. The molecule has 2 aromatic heterocycles. The average Bonchev–Trinajstić information content (AvgIpc) is 2.41. The largest absolute Gasteiger partial charge is 0.480 e. The Bertz CT molecular complexity index is 3170. The van der Waals surface area contributed by atoms with Crippen LogP contribution in [0.25, 0.3) is 21.7 Å². The van der Waals surface area contributed by atoms with Gasteiger partial charge in [0.05, 0.1) is 18.9 Å². The highest BCUT2D eigenvalue weighted by Crippen LogP contribution is 2.21. The number of amides is 8. The molecule has 8 amide bonds. The van der Waals surface area contributed by atoms with Crippen LogP contribution in [0.3, 0.4) is 0 Å². The van der Waals surface area contributed by atoms with E-state index in [2.05, 4.69) is 92.7 Å². The number of fused-ring (bicyclic) bond motifs is 2. The second kappa shape index (κ2) is 34.8. The number of carbonyl (C=O) groups excluding carboxylic acids is 8. The summed E-state index contributed by atoms with van der Waals surface area (Å²) in [6, 6.07) is 9.53. The van der Waals surface area contributed by atoms with Crippen molar-refractivity contribution in [3.63, 3.8) is 0 Å². The Kier molecular flexibility index (Phi) is 27.4. The summed E-state index contributed by atoms with van der Waals surface area (Å²) in [5.41, 5.74) is 30.6. The first-order valence-electron chi connectivity index (χ1n) is 27.9. The highest BCUT2D eigenvalue weighted by atomic mass is 32.1. The zero-order chi connectivity index (χ0) is 62.7. The predicted octanol–water partition coefficient (Wildman–Crippen LogP) is -1.85. The maximum absolute atomic E-state index is 15.1. The maximum Gasteiger partial charge on any atom is 0.327 e. The van der Waals surface area contributed by atoms with Crippen molar-refractivity contribution in [1.82, 2.24) is 57.5 Å². The van der Waals surface area contributed by atoms with E-state index >= 15 is 4.79 Å². The van der Waals surface area contributed by atoms with Crippen LogP contribution in [-0.4, -0.2) is 165 Å². The molecule has 28 nitrogen and oxygen atoms in total. The van der Waals surface area contributed by atoms with Crippen molar-refractivity contribution < 1.29 is 48.3 Å². The molecule has 0 aliphatic rings. The number of aromatic nitrogens is 3. The van der Waals surface area contributed by atoms with Crippen LogP contribution >= 0.6 is 25.3 Å². The number of rotatable bonds is 36. The Labute approximate surface area is 507 Å². The molecule has 3 aromatic carbocycles. The van der Waals surface area contributed by atoms with Crippen LogP contribution < -0.4 is 71.2 Å². The van der Waals surface area contributed by atoms with E-state index in [1.807, 2.05) is 49.4 Å². The van der Waals surface area contributed by atoms with Crippen LogP contribution in [0.2, 0.25) is 0 Å². The molecule has 8 atom stereocenters. The molecule has 5 rings (SSSR count). The molecule has 0 saturated carbocycles. The number of aliphatic imine (C=N–C) groups is 2. The number of benzene rings is 3. The van der Waals surface area contributed by atoms with Gasteiger partial charge in [-0.15, -0.1) is 0 Å². The van der Waals surface area contributed by atoms with Crippen molar-refractivity contribution in [3.8, 4) is 0 Å². The summed E-state index contributed by atoms with van der Waals surface area (Å²) in [5, 5.41) is 33.1. The highest BCUT2D eigenvalue weighted by Gasteiger charge is 2.35. The standard InChI is InChI=1S/C56H78N18O10S2/c1-2-3-13-39(69-47(76)37(57)28-85)49(78)70-40(15-8-19-63-55(58)59)51(80)74-44(24-35-26-62-30-67-35)53(82)72-42(22-31-17-18-32-10-4-5-11-33(32)21-31)52(81)71-41(16-9-20-64-56(60)61)50(79)73-43(23-34-25-65-38-14-7-6-12-36(34)38)48(77)66-27-46(75)68-45(29-86)54(83)84/h4-7,10-12,14,17-18,21,25-26,30,37,39-45,65,85-86H,2-3,8-9,13,15-16,19-20,22-24,27-29,57H2,1H3,(H,62,67)(H,66,77)(H,68,75)(H,69,76)(H,70,78)(H,71,81)(H,72,82)(H,73,79)(H,74,80)(H,83,84)(H4,58,59,63)(H4,60,61,64)/t37-,39-,40-,41-,42+,43-,44-,45-/m0/s1. The quantitative estimate of drug-likeness (QED) is 0.00906. The van der Waals surface area contributed by atoms with Crippen molar-refractivity contribution in [2.45, 2.75) is 119 Å². The molecule has 0 fully saturated rings. The second-order valence-electron chi connectivity index (χ2n) is 20.3. The van der Waals surface area contributed by atoms with Crippen molar-refractivity contribution in [2.75, 3.05) is 31.1 Å². The number of aliphatic carboxylic acids is 1. The minimum Gasteiger partial charge on any atom is -0.480 e. The van der Waals surface area contributed by atoms with E-state index in [-0.39, 0.29) is 87.9 Å². The zero-order valence-electron chi connectivity index (χ0n) is 47.6. The fourth-order valence-corrected chi connectivity index (χ4v) is 9.45. The Morgan fingerprint density at radius 3 is 1.65 bits per heavy atom. The normalized spacial score (nSPS) is 13.9. The van der Waals surface area contributed by atoms with E-state index in [0.717, 1.165) is 21.7 Å². The molecule has 0 saturated heterocycles. The second-order valence-corrected chi connectivity index (χ2v) is 21.0. The van der Waals surface area contributed by atoms with Crippen molar-refractivity contribution >= 4 is 112 Å². The van der Waals surface area contributed by atoms with Gasteiger partial charge >= 0.3 is 5.97 Å². The maximum atomic E-state index is 15.1. The number of nitrogens with one attached hydrogen (secondary N) is 10. The summed E-state index contributed by atoms with van der Waals surface area (Å²) in [6.45, 7) is 1.31. The summed E-state index contributed by atoms with van der Waals surface area (Å²) >= 11 is 8.08. The number of hydrogen-bond donors (Lipinski definition) is 18. The fraction of sp³-hybridized carbons (Fsp3) is 0.429. The van der Waals surface area contributed by atoms with Crippen LogP contribution in [0.4, 0.5) is 0 Å². The third-order valence-electron chi connectivity index (χ3n) is 13.6. The summed E-state index contributed by atoms with van der Waals surface area (Å²) < 4.78 is 0. The fourth-order valence-electron chi connectivity index (χ4n) is 9.03. The Morgan fingerprint density at radius 2 is 1.10 bits per heavy atom. The molecule has 464 valence electrons. The van der Waals surface area contributed by atoms with Gasteiger partial charge < -0.3 is 86.3 Å². The van der Waals surface area contributed by atoms with E-state index in [0.29, 0.717) is 29.7 Å². The number of guanidine groups is 2. The number of para-hydroxylation sites is 1. The highest BCUT2D eigenvalue weighted by molar-refractivity contribution is 7.80. The van der Waals surface area contributed by atoms with E-state index in [1.54, 1.807) is 30.5 Å². The number of carboxylic acids is 1. The number of H-pyrrole nitrogens is 2. The monoisotopic (exact) mass is 1230 g/mol. The first-order chi connectivity index (χ1) is 41.2. The lowest BCUT2D eigenvalue weighted by Crippen LogP contribution is -2.60. The predicted molar refractivity (Wildman–Crippen MR) is 331 cm³/mol. The number of imidazole rings is 1. The van der Waals surface area contributed by atoms with Gasteiger partial charge in [-0.2, -0.15) is 25.3 Å². The number of unbranched alkanes of at least 4 members (excludes halogenated alkanes) is 1. The van der Waals surface area contributed by atoms with E-state index in [4.69, 9.17) is 28.7 Å². The summed E-state index contributed by atoms with van der Waals surface area (Å²) in [4.78, 5) is 143. The van der Waals surface area contributed by atoms with E-state index in [1.165, 1.54) is 12.5 Å².